The maximum atomic E-state index is 12.6. The lowest BCUT2D eigenvalue weighted by atomic mass is 10.1. The largest absolute Gasteiger partial charge is 0.366 e. The third-order valence-corrected chi connectivity index (χ3v) is 5.36. The van der Waals surface area contributed by atoms with Gasteiger partial charge in [-0.3, -0.25) is 24.1 Å². The number of ketones is 1. The smallest absolute Gasteiger partial charge is 0.248 e. The van der Waals surface area contributed by atoms with Gasteiger partial charge in [-0.1, -0.05) is 36.0 Å². The molecule has 3 amide bonds. The first-order valence-electron chi connectivity index (χ1n) is 8.79. The molecule has 7 nitrogen and oxygen atoms in total. The van der Waals surface area contributed by atoms with Crippen LogP contribution in [0, 0.1) is 6.92 Å². The summed E-state index contributed by atoms with van der Waals surface area (Å²) in [6.45, 7) is 1.63. The molecule has 0 aromatic heterocycles. The van der Waals surface area contributed by atoms with Gasteiger partial charge in [0.15, 0.2) is 5.78 Å². The number of primary amides is 1. The molecule has 8 heteroatoms. The van der Waals surface area contributed by atoms with Crippen LogP contribution in [0.4, 0.5) is 5.69 Å². The standard InChI is InChI=1S/C21H19N3O4S/c1-13-4-2-3-5-16(13)17(25)10-20-24(19(27)12-29-20)11-18(26)23-15-8-6-14(7-9-15)21(22)28/h2-10H,11-12H2,1H3,(H2,22,28)(H,23,26)/b20-10-. The van der Waals surface area contributed by atoms with Crippen LogP contribution in [-0.4, -0.2) is 40.7 Å². The molecule has 3 rings (SSSR count). The molecule has 0 spiro atoms. The van der Waals surface area contributed by atoms with Gasteiger partial charge in [0.1, 0.15) is 6.54 Å². The number of nitrogens with one attached hydrogen (secondary N) is 1. The predicted octanol–water partition coefficient (Wildman–Crippen LogP) is 2.33. The van der Waals surface area contributed by atoms with Crippen LogP contribution in [0.25, 0.3) is 0 Å². The van der Waals surface area contributed by atoms with Gasteiger partial charge < -0.3 is 11.1 Å². The van der Waals surface area contributed by atoms with Crippen LogP contribution in [0.5, 0.6) is 0 Å². The van der Waals surface area contributed by atoms with E-state index in [9.17, 15) is 19.2 Å². The van der Waals surface area contributed by atoms with Crippen molar-refractivity contribution in [2.45, 2.75) is 6.92 Å². The highest BCUT2D eigenvalue weighted by atomic mass is 32.2. The zero-order chi connectivity index (χ0) is 21.0. The van der Waals surface area contributed by atoms with Gasteiger partial charge in [-0.15, -0.1) is 0 Å². The van der Waals surface area contributed by atoms with Crippen LogP contribution in [0.2, 0.25) is 0 Å². The van der Waals surface area contributed by atoms with Gasteiger partial charge in [0, 0.05) is 22.9 Å². The van der Waals surface area contributed by atoms with Gasteiger partial charge in [-0.05, 0) is 36.8 Å². The molecule has 0 radical (unpaired) electrons. The summed E-state index contributed by atoms with van der Waals surface area (Å²) in [6.07, 6.45) is 1.40. The number of nitrogens with zero attached hydrogens (tertiary/aromatic N) is 1. The van der Waals surface area contributed by atoms with Crippen molar-refractivity contribution in [2.24, 2.45) is 5.73 Å². The first-order chi connectivity index (χ1) is 13.8. The Morgan fingerprint density at radius 2 is 1.83 bits per heavy atom. The number of hydrogen-bond donors (Lipinski definition) is 2. The van der Waals surface area contributed by atoms with Gasteiger partial charge in [-0.25, -0.2) is 0 Å². The van der Waals surface area contributed by atoms with Crippen LogP contribution in [-0.2, 0) is 9.59 Å². The lowest BCUT2D eigenvalue weighted by Gasteiger charge is -2.17. The maximum absolute atomic E-state index is 12.6. The molecule has 1 aliphatic rings. The number of carbonyl (C=O) groups excluding carboxylic acids is 4. The molecule has 0 aliphatic carbocycles. The van der Waals surface area contributed by atoms with Crippen molar-refractivity contribution in [1.29, 1.82) is 0 Å². The molecule has 2 aromatic carbocycles. The summed E-state index contributed by atoms with van der Waals surface area (Å²) in [5, 5.41) is 3.11. The Balaban J connectivity index is 1.70. The van der Waals surface area contributed by atoms with E-state index in [0.29, 0.717) is 21.8 Å². The Morgan fingerprint density at radius 3 is 2.48 bits per heavy atom. The molecule has 148 valence electrons. The van der Waals surface area contributed by atoms with Crippen molar-refractivity contribution in [1.82, 2.24) is 4.90 Å². The Hall–Kier alpha value is -3.39. The number of rotatable bonds is 6. The number of thioether (sulfide) groups is 1. The summed E-state index contributed by atoms with van der Waals surface area (Å²) in [6, 6.07) is 13.3. The zero-order valence-electron chi connectivity index (χ0n) is 15.7. The second kappa shape index (κ2) is 8.74. The first kappa shape index (κ1) is 20.3. The quantitative estimate of drug-likeness (QED) is 0.562. The van der Waals surface area contributed by atoms with Crippen LogP contribution >= 0.6 is 11.8 Å². The third kappa shape index (κ3) is 4.91. The molecule has 1 fully saturated rings. The molecule has 1 aliphatic heterocycles. The summed E-state index contributed by atoms with van der Waals surface area (Å²) >= 11 is 1.23. The highest BCUT2D eigenvalue weighted by molar-refractivity contribution is 8.04. The SMILES string of the molecule is Cc1ccccc1C(=O)/C=C1\SCC(=O)N1CC(=O)Nc1ccc(C(N)=O)cc1. The number of nitrogens with two attached hydrogens (primary N) is 1. The highest BCUT2D eigenvalue weighted by Crippen LogP contribution is 2.29. The molecular formula is C21H19N3O4S. The number of anilines is 1. The van der Waals surface area contributed by atoms with Crippen molar-refractivity contribution in [3.8, 4) is 0 Å². The van der Waals surface area contributed by atoms with E-state index in [0.717, 1.165) is 5.56 Å². The van der Waals surface area contributed by atoms with Gasteiger partial charge in [0.2, 0.25) is 17.7 Å². The van der Waals surface area contributed by atoms with Gasteiger partial charge in [-0.2, -0.15) is 0 Å². The fraction of sp³-hybridized carbons (Fsp3) is 0.143. The van der Waals surface area contributed by atoms with E-state index in [2.05, 4.69) is 5.32 Å². The zero-order valence-corrected chi connectivity index (χ0v) is 16.5. The molecule has 2 aromatic rings. The Labute approximate surface area is 171 Å². The number of benzene rings is 2. The van der Waals surface area contributed by atoms with Crippen LogP contribution < -0.4 is 11.1 Å². The average Bonchev–Trinajstić information content (AvgIpc) is 3.02. The van der Waals surface area contributed by atoms with E-state index >= 15 is 0 Å². The molecule has 0 bridgehead atoms. The summed E-state index contributed by atoms with van der Waals surface area (Å²) in [7, 11) is 0. The van der Waals surface area contributed by atoms with E-state index in [1.807, 2.05) is 19.1 Å². The summed E-state index contributed by atoms with van der Waals surface area (Å²) in [5.74, 6) is -1.25. The summed E-state index contributed by atoms with van der Waals surface area (Å²) in [5.41, 5.74) is 7.38. The topological polar surface area (TPSA) is 110 Å². The normalized spacial score (nSPS) is 14.9. The second-order valence-electron chi connectivity index (χ2n) is 6.42. The number of carbonyl (C=O) groups is 4. The van der Waals surface area contributed by atoms with Crippen molar-refractivity contribution < 1.29 is 19.2 Å². The molecule has 0 unspecified atom stereocenters. The minimum atomic E-state index is -0.560. The maximum Gasteiger partial charge on any atom is 0.248 e. The average molecular weight is 409 g/mol. The number of aryl methyl sites for hydroxylation is 1. The Kier molecular flexibility index (Phi) is 6.13. The molecule has 3 N–H and O–H groups in total. The van der Waals surface area contributed by atoms with Crippen molar-refractivity contribution in [3.05, 3.63) is 76.3 Å². The number of allylic oxidation sites excluding steroid dienone is 1. The van der Waals surface area contributed by atoms with E-state index in [4.69, 9.17) is 5.73 Å². The third-order valence-electron chi connectivity index (χ3n) is 4.33. The molecular weight excluding hydrogens is 390 g/mol. The van der Waals surface area contributed by atoms with E-state index < -0.39 is 11.8 Å². The van der Waals surface area contributed by atoms with E-state index in [1.165, 1.54) is 34.9 Å². The van der Waals surface area contributed by atoms with Crippen LogP contribution in [0.1, 0.15) is 26.3 Å². The lowest BCUT2D eigenvalue weighted by molar-refractivity contribution is -0.129. The van der Waals surface area contributed by atoms with Crippen molar-refractivity contribution in [2.75, 3.05) is 17.6 Å². The number of amides is 3. The fourth-order valence-electron chi connectivity index (χ4n) is 2.80. The highest BCUT2D eigenvalue weighted by Gasteiger charge is 2.29. The minimum absolute atomic E-state index is 0.174. The van der Waals surface area contributed by atoms with E-state index in [-0.39, 0.29) is 24.0 Å². The molecule has 0 atom stereocenters. The molecule has 0 saturated carbocycles. The second-order valence-corrected chi connectivity index (χ2v) is 7.42. The Bertz CT molecular complexity index is 1010. The van der Waals surface area contributed by atoms with Crippen LogP contribution in [0.15, 0.2) is 59.6 Å². The van der Waals surface area contributed by atoms with Crippen molar-refractivity contribution in [3.63, 3.8) is 0 Å². The Morgan fingerprint density at radius 1 is 1.14 bits per heavy atom. The summed E-state index contributed by atoms with van der Waals surface area (Å²) < 4.78 is 0. The molecule has 1 heterocycles. The first-order valence-corrected chi connectivity index (χ1v) is 9.78. The minimum Gasteiger partial charge on any atom is -0.366 e. The predicted molar refractivity (Wildman–Crippen MR) is 111 cm³/mol. The summed E-state index contributed by atoms with van der Waals surface area (Å²) in [4.78, 5) is 49.5. The van der Waals surface area contributed by atoms with Gasteiger partial charge in [0.05, 0.1) is 10.8 Å². The molecule has 29 heavy (non-hydrogen) atoms. The fourth-order valence-corrected chi connectivity index (χ4v) is 3.74. The lowest BCUT2D eigenvalue weighted by Crippen LogP contribution is -2.34. The van der Waals surface area contributed by atoms with Crippen molar-refractivity contribution >= 4 is 41.0 Å². The molecule has 1 saturated heterocycles. The van der Waals surface area contributed by atoms with Crippen LogP contribution in [0.3, 0.4) is 0 Å². The van der Waals surface area contributed by atoms with E-state index in [1.54, 1.807) is 24.3 Å². The van der Waals surface area contributed by atoms with Gasteiger partial charge >= 0.3 is 0 Å². The monoisotopic (exact) mass is 409 g/mol. The van der Waals surface area contributed by atoms with Gasteiger partial charge in [0.25, 0.3) is 0 Å². The number of hydrogen-bond acceptors (Lipinski definition) is 5.